The first-order valence-corrected chi connectivity index (χ1v) is 8.34. The summed E-state index contributed by atoms with van der Waals surface area (Å²) in [5.41, 5.74) is 6.21. The van der Waals surface area contributed by atoms with Gasteiger partial charge in [0.05, 0.1) is 10.8 Å². The van der Waals surface area contributed by atoms with Crippen LogP contribution in [0.3, 0.4) is 0 Å². The molecule has 6 heteroatoms. The van der Waals surface area contributed by atoms with E-state index in [1.807, 2.05) is 31.2 Å². The first kappa shape index (κ1) is 15.7. The second-order valence-corrected chi connectivity index (χ2v) is 6.73. The van der Waals surface area contributed by atoms with Crippen LogP contribution in [0.2, 0.25) is 0 Å². The van der Waals surface area contributed by atoms with Crippen LogP contribution in [0.5, 0.6) is 5.75 Å². The molecule has 0 aromatic heterocycles. The Morgan fingerprint density at radius 3 is 2.43 bits per heavy atom. The number of ether oxygens (including phenoxy) is 1. The molecule has 0 spiro atoms. The zero-order valence-electron chi connectivity index (χ0n) is 11.5. The Hall–Kier alpha value is -1.66. The molecule has 2 rings (SSSR count). The van der Waals surface area contributed by atoms with Crippen molar-refractivity contribution in [3.05, 3.63) is 45.7 Å². The molecule has 4 nitrogen and oxygen atoms in total. The van der Waals surface area contributed by atoms with E-state index in [1.165, 1.54) is 29.6 Å². The number of rotatable bonds is 6. The van der Waals surface area contributed by atoms with E-state index in [4.69, 9.17) is 10.5 Å². The SMILES string of the molecule is CCOc1ccc(/C=C/C(=O)C(C(N)=O)=C2SCS2)cc1. The molecule has 1 saturated heterocycles. The molecule has 0 aliphatic carbocycles. The maximum Gasteiger partial charge on any atom is 0.254 e. The molecule has 0 saturated carbocycles. The van der Waals surface area contributed by atoms with Crippen molar-refractivity contribution in [1.82, 2.24) is 0 Å². The third-order valence-electron chi connectivity index (χ3n) is 2.70. The zero-order chi connectivity index (χ0) is 15.2. The van der Waals surface area contributed by atoms with Crippen LogP contribution in [0.25, 0.3) is 6.08 Å². The summed E-state index contributed by atoms with van der Waals surface area (Å²) in [6.07, 6.45) is 3.04. The molecule has 0 radical (unpaired) electrons. The lowest BCUT2D eigenvalue weighted by atomic mass is 10.1. The topological polar surface area (TPSA) is 69.4 Å². The Morgan fingerprint density at radius 2 is 1.95 bits per heavy atom. The second kappa shape index (κ2) is 7.38. The predicted molar refractivity (Wildman–Crippen MR) is 87.9 cm³/mol. The fraction of sp³-hybridized carbons (Fsp3) is 0.200. The fourth-order valence-corrected chi connectivity index (χ4v) is 3.32. The van der Waals surface area contributed by atoms with Crippen molar-refractivity contribution in [2.75, 3.05) is 11.7 Å². The average Bonchev–Trinajstić information content (AvgIpc) is 2.41. The van der Waals surface area contributed by atoms with Gasteiger partial charge in [-0.3, -0.25) is 9.59 Å². The van der Waals surface area contributed by atoms with E-state index >= 15 is 0 Å². The molecule has 1 aliphatic heterocycles. The van der Waals surface area contributed by atoms with Crippen LogP contribution in [0.15, 0.2) is 40.2 Å². The maximum absolute atomic E-state index is 12.1. The van der Waals surface area contributed by atoms with Gasteiger partial charge in [0.15, 0.2) is 5.78 Å². The van der Waals surface area contributed by atoms with Gasteiger partial charge in [0.25, 0.3) is 5.91 Å². The molecule has 1 fully saturated rings. The minimum atomic E-state index is -0.675. The summed E-state index contributed by atoms with van der Waals surface area (Å²) in [5, 5.41) is 0.849. The number of primary amides is 1. The third-order valence-corrected chi connectivity index (χ3v) is 5.28. The molecule has 1 heterocycles. The lowest BCUT2D eigenvalue weighted by Gasteiger charge is -2.17. The summed E-state index contributed by atoms with van der Waals surface area (Å²) >= 11 is 2.94. The first-order valence-electron chi connectivity index (χ1n) is 6.36. The van der Waals surface area contributed by atoms with Gasteiger partial charge in [-0.15, -0.1) is 23.5 Å². The minimum Gasteiger partial charge on any atom is -0.494 e. The Labute approximate surface area is 131 Å². The van der Waals surface area contributed by atoms with Crippen molar-refractivity contribution in [2.24, 2.45) is 5.73 Å². The van der Waals surface area contributed by atoms with Gasteiger partial charge >= 0.3 is 0 Å². The van der Waals surface area contributed by atoms with E-state index in [-0.39, 0.29) is 11.4 Å². The third kappa shape index (κ3) is 4.15. The van der Waals surface area contributed by atoms with Gasteiger partial charge in [0, 0.05) is 5.08 Å². The number of nitrogens with two attached hydrogens (primary N) is 1. The van der Waals surface area contributed by atoms with Gasteiger partial charge in [-0.05, 0) is 30.7 Å². The van der Waals surface area contributed by atoms with Crippen molar-refractivity contribution in [3.63, 3.8) is 0 Å². The number of hydrogen-bond acceptors (Lipinski definition) is 5. The number of hydrogen-bond donors (Lipinski definition) is 1. The Balaban J connectivity index is 2.09. The van der Waals surface area contributed by atoms with E-state index in [1.54, 1.807) is 6.08 Å². The highest BCUT2D eigenvalue weighted by atomic mass is 32.3. The van der Waals surface area contributed by atoms with Gasteiger partial charge in [-0.1, -0.05) is 18.2 Å². The van der Waals surface area contributed by atoms with Crippen LogP contribution in [0.4, 0.5) is 0 Å². The van der Waals surface area contributed by atoms with Gasteiger partial charge in [0.1, 0.15) is 11.3 Å². The molecule has 1 aromatic carbocycles. The van der Waals surface area contributed by atoms with Crippen molar-refractivity contribution < 1.29 is 14.3 Å². The highest BCUT2D eigenvalue weighted by Gasteiger charge is 2.24. The van der Waals surface area contributed by atoms with Gasteiger partial charge in [-0.25, -0.2) is 0 Å². The van der Waals surface area contributed by atoms with Crippen LogP contribution >= 0.6 is 23.5 Å². The van der Waals surface area contributed by atoms with Gasteiger partial charge in [-0.2, -0.15) is 0 Å². The molecule has 1 amide bonds. The van der Waals surface area contributed by atoms with Crippen LogP contribution in [0, 0.1) is 0 Å². The number of carbonyl (C=O) groups is 2. The fourth-order valence-electron chi connectivity index (χ4n) is 1.68. The smallest absolute Gasteiger partial charge is 0.254 e. The molecule has 21 heavy (non-hydrogen) atoms. The maximum atomic E-state index is 12.1. The predicted octanol–water partition coefficient (Wildman–Crippen LogP) is 2.80. The van der Waals surface area contributed by atoms with E-state index in [2.05, 4.69) is 0 Å². The normalized spacial score (nSPS) is 13.9. The average molecular weight is 321 g/mol. The Bertz CT molecular complexity index is 600. The monoisotopic (exact) mass is 321 g/mol. The van der Waals surface area contributed by atoms with Crippen LogP contribution < -0.4 is 10.5 Å². The summed E-state index contributed by atoms with van der Waals surface area (Å²) in [6.45, 7) is 2.53. The summed E-state index contributed by atoms with van der Waals surface area (Å²) in [7, 11) is 0. The second-order valence-electron chi connectivity index (χ2n) is 4.13. The number of carbonyl (C=O) groups excluding carboxylic acids is 2. The number of amides is 1. The molecule has 0 atom stereocenters. The number of ketones is 1. The summed E-state index contributed by atoms with van der Waals surface area (Å²) in [5.74, 6) is -0.250. The van der Waals surface area contributed by atoms with Crippen molar-refractivity contribution in [2.45, 2.75) is 6.92 Å². The van der Waals surface area contributed by atoms with Crippen molar-refractivity contribution in [3.8, 4) is 5.75 Å². The Morgan fingerprint density at radius 1 is 1.29 bits per heavy atom. The summed E-state index contributed by atoms with van der Waals surface area (Å²) < 4.78 is 6.06. The van der Waals surface area contributed by atoms with Crippen molar-refractivity contribution >= 4 is 41.3 Å². The highest BCUT2D eigenvalue weighted by Crippen LogP contribution is 2.45. The molecule has 0 unspecified atom stereocenters. The van der Waals surface area contributed by atoms with E-state index < -0.39 is 5.91 Å². The lowest BCUT2D eigenvalue weighted by molar-refractivity contribution is -0.118. The van der Waals surface area contributed by atoms with E-state index in [9.17, 15) is 9.59 Å². The van der Waals surface area contributed by atoms with Crippen molar-refractivity contribution in [1.29, 1.82) is 0 Å². The van der Waals surface area contributed by atoms with Crippen LogP contribution in [0.1, 0.15) is 12.5 Å². The van der Waals surface area contributed by atoms with Gasteiger partial charge in [0.2, 0.25) is 0 Å². The van der Waals surface area contributed by atoms with E-state index in [0.29, 0.717) is 10.8 Å². The van der Waals surface area contributed by atoms with Gasteiger partial charge < -0.3 is 10.5 Å². The number of allylic oxidation sites excluding steroid dienone is 1. The molecule has 1 aromatic rings. The summed E-state index contributed by atoms with van der Waals surface area (Å²) in [6, 6.07) is 7.36. The number of thioether (sulfide) groups is 2. The number of benzene rings is 1. The minimum absolute atomic E-state index is 0.0819. The quantitative estimate of drug-likeness (QED) is 0.496. The largest absolute Gasteiger partial charge is 0.494 e. The van der Waals surface area contributed by atoms with E-state index in [0.717, 1.165) is 16.4 Å². The molecule has 2 N–H and O–H groups in total. The summed E-state index contributed by atoms with van der Waals surface area (Å²) in [4.78, 5) is 23.4. The molecule has 110 valence electrons. The highest BCUT2D eigenvalue weighted by molar-refractivity contribution is 8.37. The standard InChI is InChI=1S/C15H15NO3S2/c1-2-19-11-6-3-10(4-7-11)5-8-12(17)13(14(16)18)15-20-9-21-15/h3-8H,2,9H2,1H3,(H2,16,18)/b8-5+. The Kier molecular flexibility index (Phi) is 5.52. The molecular formula is C15H15NO3S2. The first-order chi connectivity index (χ1) is 10.1. The molecular weight excluding hydrogens is 306 g/mol. The van der Waals surface area contributed by atoms with Crippen LogP contribution in [-0.2, 0) is 9.59 Å². The molecule has 1 aliphatic rings. The zero-order valence-corrected chi connectivity index (χ0v) is 13.1. The van der Waals surface area contributed by atoms with Crippen LogP contribution in [-0.4, -0.2) is 23.4 Å². The molecule has 0 bridgehead atoms. The lowest BCUT2D eigenvalue weighted by Crippen LogP contribution is -2.21.